The van der Waals surface area contributed by atoms with Gasteiger partial charge in [-0.2, -0.15) is 4.31 Å². The molecule has 8 heteroatoms. The number of hydrogen-bond donors (Lipinski definition) is 0. The van der Waals surface area contributed by atoms with Crippen molar-refractivity contribution >= 4 is 27.5 Å². The van der Waals surface area contributed by atoms with E-state index in [4.69, 9.17) is 0 Å². The highest BCUT2D eigenvalue weighted by Gasteiger charge is 2.36. The van der Waals surface area contributed by atoms with E-state index >= 15 is 0 Å². The SMILES string of the molecule is CN(C(=O)C1CCCN(S(=O)(=O)c2ccc(N3CCCC3=O)cc2)C1)C1CCCCC1. The van der Waals surface area contributed by atoms with E-state index in [-0.39, 0.29) is 35.2 Å². The minimum atomic E-state index is -3.67. The van der Waals surface area contributed by atoms with Crippen molar-refractivity contribution < 1.29 is 18.0 Å². The smallest absolute Gasteiger partial charge is 0.243 e. The normalized spacial score (nSPS) is 23.8. The average Bonchev–Trinajstić information content (AvgIpc) is 3.24. The number of anilines is 1. The van der Waals surface area contributed by atoms with Crippen LogP contribution in [0.5, 0.6) is 0 Å². The summed E-state index contributed by atoms with van der Waals surface area (Å²) in [6, 6.07) is 6.86. The van der Waals surface area contributed by atoms with E-state index in [1.807, 2.05) is 11.9 Å². The predicted molar refractivity (Wildman–Crippen MR) is 119 cm³/mol. The standard InChI is InChI=1S/C23H33N3O4S/c1-24(19-8-3-2-4-9-19)23(28)18-7-5-15-25(17-18)31(29,30)21-13-11-20(12-14-21)26-16-6-10-22(26)27/h11-14,18-19H,2-10,15-17H2,1H3. The summed E-state index contributed by atoms with van der Waals surface area (Å²) in [5.41, 5.74) is 0.738. The molecule has 2 aliphatic heterocycles. The summed E-state index contributed by atoms with van der Waals surface area (Å²) in [6.07, 6.45) is 8.44. The summed E-state index contributed by atoms with van der Waals surface area (Å²) in [6.45, 7) is 1.35. The van der Waals surface area contributed by atoms with Gasteiger partial charge in [-0.05, 0) is 56.4 Å². The monoisotopic (exact) mass is 447 g/mol. The lowest BCUT2D eigenvalue weighted by atomic mass is 9.92. The fourth-order valence-electron chi connectivity index (χ4n) is 5.17. The summed E-state index contributed by atoms with van der Waals surface area (Å²) in [5.74, 6) is -0.123. The van der Waals surface area contributed by atoms with Gasteiger partial charge in [-0.1, -0.05) is 19.3 Å². The Morgan fingerprint density at radius 3 is 2.32 bits per heavy atom. The van der Waals surface area contributed by atoms with Gasteiger partial charge in [0.25, 0.3) is 0 Å². The molecule has 1 aliphatic carbocycles. The molecule has 1 unspecified atom stereocenters. The number of piperidine rings is 1. The lowest BCUT2D eigenvalue weighted by Gasteiger charge is -2.37. The molecule has 170 valence electrons. The van der Waals surface area contributed by atoms with Gasteiger partial charge in [-0.25, -0.2) is 8.42 Å². The molecule has 1 aromatic rings. The van der Waals surface area contributed by atoms with E-state index in [0.29, 0.717) is 25.9 Å². The Kier molecular flexibility index (Phi) is 6.67. The van der Waals surface area contributed by atoms with Gasteiger partial charge in [0, 0.05) is 44.8 Å². The first-order valence-corrected chi connectivity index (χ1v) is 13.0. The van der Waals surface area contributed by atoms with E-state index < -0.39 is 10.0 Å². The first-order valence-electron chi connectivity index (χ1n) is 11.5. The van der Waals surface area contributed by atoms with E-state index in [2.05, 4.69) is 0 Å². The molecule has 0 spiro atoms. The zero-order chi connectivity index (χ0) is 22.0. The largest absolute Gasteiger partial charge is 0.342 e. The summed E-state index contributed by atoms with van der Waals surface area (Å²) in [7, 11) is -1.79. The fourth-order valence-corrected chi connectivity index (χ4v) is 6.69. The van der Waals surface area contributed by atoms with Crippen LogP contribution in [0.1, 0.15) is 57.8 Å². The number of carbonyl (C=O) groups is 2. The number of carbonyl (C=O) groups excluding carboxylic acids is 2. The zero-order valence-electron chi connectivity index (χ0n) is 18.3. The predicted octanol–water partition coefficient (Wildman–Crippen LogP) is 3.01. The molecule has 0 N–H and O–H groups in total. The molecule has 1 atom stereocenters. The topological polar surface area (TPSA) is 78.0 Å². The van der Waals surface area contributed by atoms with Crippen molar-refractivity contribution in [3.05, 3.63) is 24.3 Å². The highest BCUT2D eigenvalue weighted by molar-refractivity contribution is 7.89. The molecule has 1 aromatic carbocycles. The van der Waals surface area contributed by atoms with Crippen LogP contribution in [0.25, 0.3) is 0 Å². The van der Waals surface area contributed by atoms with Gasteiger partial charge in [0.15, 0.2) is 0 Å². The summed E-state index contributed by atoms with van der Waals surface area (Å²) in [5, 5.41) is 0. The lowest BCUT2D eigenvalue weighted by Crippen LogP contribution is -2.48. The van der Waals surface area contributed by atoms with Crippen molar-refractivity contribution in [2.45, 2.75) is 68.7 Å². The van der Waals surface area contributed by atoms with Crippen LogP contribution in [0.3, 0.4) is 0 Å². The molecule has 1 saturated carbocycles. The molecule has 4 rings (SSSR count). The van der Waals surface area contributed by atoms with Crippen LogP contribution in [0, 0.1) is 5.92 Å². The molecule has 2 saturated heterocycles. The number of benzene rings is 1. The van der Waals surface area contributed by atoms with Crippen molar-refractivity contribution in [3.8, 4) is 0 Å². The number of nitrogens with zero attached hydrogens (tertiary/aromatic N) is 3. The van der Waals surface area contributed by atoms with Crippen molar-refractivity contribution in [1.29, 1.82) is 0 Å². The van der Waals surface area contributed by atoms with Gasteiger partial charge in [0.1, 0.15) is 0 Å². The summed E-state index contributed by atoms with van der Waals surface area (Å²) in [4.78, 5) is 28.8. The van der Waals surface area contributed by atoms with Crippen molar-refractivity contribution in [1.82, 2.24) is 9.21 Å². The maximum atomic E-state index is 13.2. The molecule has 0 aromatic heterocycles. The Morgan fingerprint density at radius 1 is 0.968 bits per heavy atom. The number of amides is 2. The number of hydrogen-bond acceptors (Lipinski definition) is 4. The molecule has 31 heavy (non-hydrogen) atoms. The number of rotatable bonds is 5. The van der Waals surface area contributed by atoms with Crippen molar-refractivity contribution in [2.24, 2.45) is 5.92 Å². The van der Waals surface area contributed by atoms with E-state index in [0.717, 1.165) is 44.2 Å². The highest BCUT2D eigenvalue weighted by Crippen LogP contribution is 2.29. The Labute approximate surface area is 185 Å². The van der Waals surface area contributed by atoms with Crippen LogP contribution in [-0.2, 0) is 19.6 Å². The van der Waals surface area contributed by atoms with E-state index in [1.54, 1.807) is 29.2 Å². The van der Waals surface area contributed by atoms with Crippen LogP contribution in [0.15, 0.2) is 29.2 Å². The molecular weight excluding hydrogens is 414 g/mol. The Bertz CT molecular complexity index is 909. The molecule has 3 fully saturated rings. The fraction of sp³-hybridized carbons (Fsp3) is 0.652. The molecular formula is C23H33N3O4S. The van der Waals surface area contributed by atoms with Gasteiger partial charge in [-0.15, -0.1) is 0 Å². The van der Waals surface area contributed by atoms with Gasteiger partial charge < -0.3 is 9.80 Å². The Balaban J connectivity index is 1.44. The second-order valence-corrected chi connectivity index (χ2v) is 11.0. The zero-order valence-corrected chi connectivity index (χ0v) is 19.1. The maximum Gasteiger partial charge on any atom is 0.243 e. The molecule has 0 radical (unpaired) electrons. The average molecular weight is 448 g/mol. The molecule has 3 aliphatic rings. The highest BCUT2D eigenvalue weighted by atomic mass is 32.2. The summed E-state index contributed by atoms with van der Waals surface area (Å²) >= 11 is 0. The van der Waals surface area contributed by atoms with E-state index in [9.17, 15) is 18.0 Å². The summed E-state index contributed by atoms with van der Waals surface area (Å²) < 4.78 is 28.0. The molecule has 2 amide bonds. The first-order chi connectivity index (χ1) is 14.9. The number of sulfonamides is 1. The third kappa shape index (κ3) is 4.65. The first kappa shape index (κ1) is 22.3. The van der Waals surface area contributed by atoms with Gasteiger partial charge in [-0.3, -0.25) is 9.59 Å². The third-order valence-electron chi connectivity index (χ3n) is 7.06. The molecule has 0 bridgehead atoms. The van der Waals surface area contributed by atoms with Crippen LogP contribution in [0.2, 0.25) is 0 Å². The second-order valence-electron chi connectivity index (χ2n) is 9.09. The van der Waals surface area contributed by atoms with Crippen molar-refractivity contribution in [2.75, 3.05) is 31.6 Å². The van der Waals surface area contributed by atoms with Crippen molar-refractivity contribution in [3.63, 3.8) is 0 Å². The quantitative estimate of drug-likeness (QED) is 0.695. The second kappa shape index (κ2) is 9.28. The Morgan fingerprint density at radius 2 is 1.68 bits per heavy atom. The molecule has 7 nitrogen and oxygen atoms in total. The third-order valence-corrected chi connectivity index (χ3v) is 8.94. The van der Waals surface area contributed by atoms with Crippen LogP contribution in [0.4, 0.5) is 5.69 Å². The van der Waals surface area contributed by atoms with Gasteiger partial charge in [0.2, 0.25) is 21.8 Å². The molecule has 2 heterocycles. The van der Waals surface area contributed by atoms with Crippen LogP contribution < -0.4 is 4.90 Å². The van der Waals surface area contributed by atoms with E-state index in [1.165, 1.54) is 10.7 Å². The minimum absolute atomic E-state index is 0.0784. The Hall–Kier alpha value is -1.93. The van der Waals surface area contributed by atoms with Crippen LogP contribution in [-0.4, -0.2) is 62.2 Å². The van der Waals surface area contributed by atoms with Gasteiger partial charge >= 0.3 is 0 Å². The van der Waals surface area contributed by atoms with Gasteiger partial charge in [0.05, 0.1) is 10.8 Å². The minimum Gasteiger partial charge on any atom is -0.342 e. The lowest BCUT2D eigenvalue weighted by molar-refractivity contribution is -0.138. The maximum absolute atomic E-state index is 13.2. The van der Waals surface area contributed by atoms with Crippen LogP contribution >= 0.6 is 0 Å².